The van der Waals surface area contributed by atoms with Crippen LogP contribution in [0.5, 0.6) is 5.75 Å². The molecule has 35 heavy (non-hydrogen) atoms. The van der Waals surface area contributed by atoms with E-state index in [1.807, 2.05) is 6.92 Å². The molecular weight excluding hydrogens is 514 g/mol. The SMILES string of the molecule is COC(=O)c1ccc(CN2C(=O)C(=O)/C(=C(\O)c3ccc(Br)c(C)c3)C2c2cccc(O)c2)cc1. The number of benzene rings is 3. The van der Waals surface area contributed by atoms with Gasteiger partial charge in [-0.3, -0.25) is 9.59 Å². The largest absolute Gasteiger partial charge is 0.508 e. The maximum absolute atomic E-state index is 13.2. The van der Waals surface area contributed by atoms with Crippen molar-refractivity contribution in [3.8, 4) is 5.75 Å². The van der Waals surface area contributed by atoms with Crippen LogP contribution in [0.25, 0.3) is 5.76 Å². The number of aromatic hydroxyl groups is 1. The van der Waals surface area contributed by atoms with Crippen molar-refractivity contribution >= 4 is 39.3 Å². The Hall–Kier alpha value is -3.91. The minimum absolute atomic E-state index is 0.0324. The number of Topliss-reactive ketones (excluding diaryl/α,β-unsaturated/α-hetero) is 1. The van der Waals surface area contributed by atoms with Crippen LogP contribution in [-0.2, 0) is 20.9 Å². The predicted octanol–water partition coefficient (Wildman–Crippen LogP) is 4.87. The number of aryl methyl sites for hydroxylation is 1. The Kier molecular flexibility index (Phi) is 6.75. The van der Waals surface area contributed by atoms with Crippen LogP contribution in [0.15, 0.2) is 76.8 Å². The zero-order valence-electron chi connectivity index (χ0n) is 19.0. The minimum Gasteiger partial charge on any atom is -0.508 e. The van der Waals surface area contributed by atoms with Crippen LogP contribution < -0.4 is 0 Å². The number of ketones is 1. The number of aliphatic hydroxyl groups is 1. The van der Waals surface area contributed by atoms with Crippen molar-refractivity contribution in [1.29, 1.82) is 0 Å². The third-order valence-corrected chi connectivity index (χ3v) is 6.77. The molecule has 0 bridgehead atoms. The molecule has 7 nitrogen and oxygen atoms in total. The number of phenols is 1. The molecule has 1 fully saturated rings. The van der Waals surface area contributed by atoms with Gasteiger partial charge in [0.15, 0.2) is 0 Å². The number of aliphatic hydroxyl groups excluding tert-OH is 1. The van der Waals surface area contributed by atoms with Crippen molar-refractivity contribution in [3.05, 3.63) is 105 Å². The van der Waals surface area contributed by atoms with Gasteiger partial charge in [-0.2, -0.15) is 0 Å². The minimum atomic E-state index is -0.925. The van der Waals surface area contributed by atoms with Crippen LogP contribution in [0.3, 0.4) is 0 Å². The molecule has 1 heterocycles. The van der Waals surface area contributed by atoms with Crippen LogP contribution in [0.4, 0.5) is 0 Å². The second-order valence-corrected chi connectivity index (χ2v) is 9.03. The van der Waals surface area contributed by atoms with E-state index >= 15 is 0 Å². The Balaban J connectivity index is 1.81. The predicted molar refractivity (Wildman–Crippen MR) is 133 cm³/mol. The average Bonchev–Trinajstić information content (AvgIpc) is 3.10. The van der Waals surface area contributed by atoms with Gasteiger partial charge in [-0.25, -0.2) is 4.79 Å². The summed E-state index contributed by atoms with van der Waals surface area (Å²) in [6.07, 6.45) is 0. The summed E-state index contributed by atoms with van der Waals surface area (Å²) in [5.74, 6) is -2.40. The van der Waals surface area contributed by atoms with E-state index in [0.717, 1.165) is 10.0 Å². The van der Waals surface area contributed by atoms with E-state index < -0.39 is 23.7 Å². The second-order valence-electron chi connectivity index (χ2n) is 8.17. The van der Waals surface area contributed by atoms with Gasteiger partial charge in [0, 0.05) is 16.6 Å². The molecule has 4 rings (SSSR count). The number of halogens is 1. The number of amides is 1. The summed E-state index contributed by atoms with van der Waals surface area (Å²) < 4.78 is 5.56. The van der Waals surface area contributed by atoms with E-state index in [9.17, 15) is 24.6 Å². The van der Waals surface area contributed by atoms with E-state index in [4.69, 9.17) is 4.74 Å². The van der Waals surface area contributed by atoms with Gasteiger partial charge in [0.05, 0.1) is 24.3 Å². The third kappa shape index (κ3) is 4.70. The number of rotatable bonds is 5. The lowest BCUT2D eigenvalue weighted by Crippen LogP contribution is -2.29. The Bertz CT molecular complexity index is 1360. The lowest BCUT2D eigenvalue weighted by Gasteiger charge is -2.25. The first kappa shape index (κ1) is 24.2. The summed E-state index contributed by atoms with van der Waals surface area (Å²) in [5, 5.41) is 21.3. The van der Waals surface area contributed by atoms with Crippen LogP contribution >= 0.6 is 15.9 Å². The summed E-state index contributed by atoms with van der Waals surface area (Å²) in [4.78, 5) is 39.4. The molecule has 2 N–H and O–H groups in total. The number of hydrogen-bond donors (Lipinski definition) is 2. The number of carbonyl (C=O) groups is 3. The zero-order valence-corrected chi connectivity index (χ0v) is 20.6. The molecular formula is C27H22BrNO6. The molecule has 0 spiro atoms. The maximum atomic E-state index is 13.2. The number of ether oxygens (including phenoxy) is 1. The van der Waals surface area contributed by atoms with Gasteiger partial charge in [0.2, 0.25) is 0 Å². The highest BCUT2D eigenvalue weighted by Crippen LogP contribution is 2.41. The van der Waals surface area contributed by atoms with Crippen molar-refractivity contribution in [3.63, 3.8) is 0 Å². The van der Waals surface area contributed by atoms with Crippen molar-refractivity contribution in [2.24, 2.45) is 0 Å². The average molecular weight is 536 g/mol. The van der Waals surface area contributed by atoms with Gasteiger partial charge in [-0.05, 0) is 60.0 Å². The lowest BCUT2D eigenvalue weighted by molar-refractivity contribution is -0.140. The van der Waals surface area contributed by atoms with Crippen molar-refractivity contribution in [2.75, 3.05) is 7.11 Å². The van der Waals surface area contributed by atoms with Crippen molar-refractivity contribution in [2.45, 2.75) is 19.5 Å². The molecule has 1 saturated heterocycles. The first-order chi connectivity index (χ1) is 16.7. The number of phenolic OH excluding ortho intramolecular Hbond substituents is 1. The molecule has 0 saturated carbocycles. The van der Waals surface area contributed by atoms with Gasteiger partial charge in [-0.1, -0.05) is 46.3 Å². The molecule has 0 aromatic heterocycles. The lowest BCUT2D eigenvalue weighted by atomic mass is 9.94. The third-order valence-electron chi connectivity index (χ3n) is 5.89. The van der Waals surface area contributed by atoms with Gasteiger partial charge in [0.25, 0.3) is 11.7 Å². The molecule has 178 valence electrons. The fourth-order valence-corrected chi connectivity index (χ4v) is 4.34. The highest BCUT2D eigenvalue weighted by atomic mass is 79.9. The number of esters is 1. The molecule has 8 heteroatoms. The number of methoxy groups -OCH3 is 1. The molecule has 0 aliphatic carbocycles. The summed E-state index contributed by atoms with van der Waals surface area (Å²) in [5.41, 5.74) is 2.69. The Morgan fingerprint density at radius 3 is 2.34 bits per heavy atom. The fraction of sp³-hybridized carbons (Fsp3) is 0.148. The molecule has 1 aliphatic rings. The number of carbonyl (C=O) groups excluding carboxylic acids is 3. The van der Waals surface area contributed by atoms with Crippen LogP contribution in [0.2, 0.25) is 0 Å². The van der Waals surface area contributed by atoms with Gasteiger partial charge < -0.3 is 19.8 Å². The first-order valence-electron chi connectivity index (χ1n) is 10.7. The van der Waals surface area contributed by atoms with E-state index in [2.05, 4.69) is 15.9 Å². The highest BCUT2D eigenvalue weighted by molar-refractivity contribution is 9.10. The van der Waals surface area contributed by atoms with E-state index in [0.29, 0.717) is 22.3 Å². The molecule has 1 atom stereocenters. The molecule has 1 unspecified atom stereocenters. The number of likely N-dealkylation sites (tertiary alicyclic amines) is 1. The summed E-state index contributed by atoms with van der Waals surface area (Å²) in [6, 6.07) is 16.9. The molecule has 0 radical (unpaired) electrons. The van der Waals surface area contributed by atoms with E-state index in [1.54, 1.807) is 54.6 Å². The van der Waals surface area contributed by atoms with Crippen LogP contribution in [0, 0.1) is 6.92 Å². The topological polar surface area (TPSA) is 104 Å². The van der Waals surface area contributed by atoms with Gasteiger partial charge >= 0.3 is 5.97 Å². The monoisotopic (exact) mass is 535 g/mol. The summed E-state index contributed by atoms with van der Waals surface area (Å²) in [7, 11) is 1.29. The van der Waals surface area contributed by atoms with Crippen LogP contribution in [-0.4, -0.2) is 39.9 Å². The molecule has 3 aromatic carbocycles. The van der Waals surface area contributed by atoms with E-state index in [1.165, 1.54) is 24.1 Å². The first-order valence-corrected chi connectivity index (χ1v) is 11.5. The highest BCUT2D eigenvalue weighted by Gasteiger charge is 2.46. The number of nitrogens with zero attached hydrogens (tertiary/aromatic N) is 1. The molecule has 3 aromatic rings. The zero-order chi connectivity index (χ0) is 25.3. The second kappa shape index (κ2) is 9.76. The van der Waals surface area contributed by atoms with Crippen LogP contribution in [0.1, 0.15) is 38.7 Å². The quantitative estimate of drug-likeness (QED) is 0.209. The smallest absolute Gasteiger partial charge is 0.337 e. The normalized spacial score (nSPS) is 17.0. The number of hydrogen-bond acceptors (Lipinski definition) is 6. The Morgan fingerprint density at radius 1 is 1.03 bits per heavy atom. The molecule has 1 aliphatic heterocycles. The standard InChI is InChI=1S/C27H22BrNO6/c1-15-12-19(10-11-21(15)28)24(31)22-23(18-4-3-5-20(30)13-18)29(26(33)25(22)32)14-16-6-8-17(9-7-16)27(34)35-2/h3-13,23,30-31H,14H2,1-2H3/b24-22-. The molecule has 1 amide bonds. The summed E-state index contributed by atoms with van der Waals surface area (Å²) >= 11 is 3.42. The van der Waals surface area contributed by atoms with Crippen molar-refractivity contribution < 1.29 is 29.3 Å². The van der Waals surface area contributed by atoms with Gasteiger partial charge in [0.1, 0.15) is 11.5 Å². The van der Waals surface area contributed by atoms with Gasteiger partial charge in [-0.15, -0.1) is 0 Å². The Morgan fingerprint density at radius 2 is 1.71 bits per heavy atom. The Labute approximate surface area is 210 Å². The van der Waals surface area contributed by atoms with E-state index in [-0.39, 0.29) is 23.6 Å². The maximum Gasteiger partial charge on any atom is 0.337 e. The van der Waals surface area contributed by atoms with Crippen molar-refractivity contribution in [1.82, 2.24) is 4.90 Å². The summed E-state index contributed by atoms with van der Waals surface area (Å²) in [6.45, 7) is 1.90. The fourth-order valence-electron chi connectivity index (χ4n) is 4.09.